The quantitative estimate of drug-likeness (QED) is 0.382. The molecule has 0 bridgehead atoms. The Bertz CT molecular complexity index is 186. The molecule has 124 valence electrons. The third-order valence-corrected chi connectivity index (χ3v) is 5.62. The van der Waals surface area contributed by atoms with Crippen molar-refractivity contribution in [3.63, 3.8) is 0 Å². The molecular weight excluding hydrogens is 559 g/mol. The second-order valence-corrected chi connectivity index (χ2v) is 6.25. The Morgan fingerprint density at radius 3 is 0.364 bits per heavy atom. The Labute approximate surface area is 171 Å². The SMILES string of the molecule is C[C]1[C](C)[C](C)[C](C)[C]1C.C[C]1[C](C)[C](C)[C](C)[C]1C.[I-].[Ir+3]. The van der Waals surface area contributed by atoms with E-state index >= 15 is 0 Å². The summed E-state index contributed by atoms with van der Waals surface area (Å²) in [6.07, 6.45) is 0. The first kappa shape index (κ1) is 25.6. The van der Waals surface area contributed by atoms with Gasteiger partial charge in [0, 0.05) is 0 Å². The first-order valence-electron chi connectivity index (χ1n) is 7.50. The van der Waals surface area contributed by atoms with E-state index in [0.717, 1.165) is 0 Å². The van der Waals surface area contributed by atoms with Crippen LogP contribution >= 0.6 is 0 Å². The topological polar surface area (TPSA) is 0 Å². The van der Waals surface area contributed by atoms with Crippen molar-refractivity contribution < 1.29 is 44.1 Å². The Morgan fingerprint density at radius 2 is 0.318 bits per heavy atom. The minimum absolute atomic E-state index is 0. The standard InChI is InChI=1S/2C10H15.HI.Ir/c2*1-6-7(2)9(4)10(5)8(6)3;;/h2*1-5H3;1H;/q;;;+3/p-1. The summed E-state index contributed by atoms with van der Waals surface area (Å²) in [5, 5.41) is 0. The van der Waals surface area contributed by atoms with Crippen LogP contribution in [0.25, 0.3) is 0 Å². The van der Waals surface area contributed by atoms with Crippen molar-refractivity contribution in [2.75, 3.05) is 0 Å². The molecule has 0 saturated heterocycles. The molecule has 2 aliphatic rings. The molecule has 0 heterocycles. The zero-order valence-electron chi connectivity index (χ0n) is 15.7. The van der Waals surface area contributed by atoms with E-state index in [-0.39, 0.29) is 44.1 Å². The van der Waals surface area contributed by atoms with Crippen molar-refractivity contribution in [1.82, 2.24) is 0 Å². The Hall–Kier alpha value is 1.38. The predicted molar refractivity (Wildman–Crippen MR) is 89.2 cm³/mol. The largest absolute Gasteiger partial charge is 3.00 e. The van der Waals surface area contributed by atoms with Crippen LogP contribution in [0.15, 0.2) is 0 Å². The zero-order valence-corrected chi connectivity index (χ0v) is 20.3. The molecular formula is C20H30IIr+2. The molecule has 0 aliphatic heterocycles. The minimum Gasteiger partial charge on any atom is -1.00 e. The van der Waals surface area contributed by atoms with Crippen molar-refractivity contribution in [1.29, 1.82) is 0 Å². The normalized spacial score (nSPS) is 25.9. The summed E-state index contributed by atoms with van der Waals surface area (Å²) in [5.41, 5.74) is 0. The van der Waals surface area contributed by atoms with Gasteiger partial charge in [-0.25, -0.2) is 0 Å². The first-order chi connectivity index (χ1) is 9.11. The van der Waals surface area contributed by atoms with E-state index in [2.05, 4.69) is 69.2 Å². The van der Waals surface area contributed by atoms with Gasteiger partial charge in [-0.1, -0.05) is 69.2 Å². The van der Waals surface area contributed by atoms with Crippen LogP contribution in [0.1, 0.15) is 69.2 Å². The molecule has 0 aromatic rings. The fourth-order valence-electron chi connectivity index (χ4n) is 2.81. The van der Waals surface area contributed by atoms with Gasteiger partial charge in [-0.3, -0.25) is 0 Å². The van der Waals surface area contributed by atoms with Gasteiger partial charge in [0.25, 0.3) is 0 Å². The van der Waals surface area contributed by atoms with E-state index in [0.29, 0.717) is 0 Å². The maximum absolute atomic E-state index is 2.20. The Morgan fingerprint density at radius 1 is 0.273 bits per heavy atom. The van der Waals surface area contributed by atoms with Gasteiger partial charge in [0.05, 0.1) is 0 Å². The van der Waals surface area contributed by atoms with Crippen LogP contribution in [0, 0.1) is 59.2 Å². The van der Waals surface area contributed by atoms with Gasteiger partial charge in [0.1, 0.15) is 0 Å². The number of hydrogen-bond donors (Lipinski definition) is 0. The summed E-state index contributed by atoms with van der Waals surface area (Å²) in [6, 6.07) is 0. The van der Waals surface area contributed by atoms with Gasteiger partial charge in [-0.2, -0.15) is 0 Å². The first-order valence-corrected chi connectivity index (χ1v) is 7.50. The third-order valence-electron chi connectivity index (χ3n) is 5.62. The van der Waals surface area contributed by atoms with E-state index < -0.39 is 0 Å². The second-order valence-electron chi connectivity index (χ2n) is 6.25. The van der Waals surface area contributed by atoms with E-state index in [1.807, 2.05) is 0 Å². The molecule has 2 saturated carbocycles. The van der Waals surface area contributed by atoms with E-state index in [1.165, 1.54) is 59.2 Å². The summed E-state index contributed by atoms with van der Waals surface area (Å²) in [6.45, 7) is 22.0. The van der Waals surface area contributed by atoms with Crippen molar-refractivity contribution in [2.45, 2.75) is 69.2 Å². The zero-order chi connectivity index (χ0) is 15.8. The third kappa shape index (κ3) is 5.19. The number of halogens is 1. The van der Waals surface area contributed by atoms with Crippen molar-refractivity contribution >= 4 is 0 Å². The van der Waals surface area contributed by atoms with Crippen LogP contribution in [0.3, 0.4) is 0 Å². The molecule has 22 heavy (non-hydrogen) atoms. The number of rotatable bonds is 0. The van der Waals surface area contributed by atoms with Gasteiger partial charge in [0.15, 0.2) is 0 Å². The Balaban J connectivity index is 0. The fourth-order valence-corrected chi connectivity index (χ4v) is 2.81. The second kappa shape index (κ2) is 10.4. The molecule has 0 unspecified atom stereocenters. The van der Waals surface area contributed by atoms with Crippen LogP contribution in [-0.4, -0.2) is 0 Å². The molecule has 0 aromatic carbocycles. The molecule has 0 N–H and O–H groups in total. The number of hydrogen-bond acceptors (Lipinski definition) is 0. The summed E-state index contributed by atoms with van der Waals surface area (Å²) in [5.74, 6) is 14.7. The van der Waals surface area contributed by atoms with Gasteiger partial charge >= 0.3 is 20.1 Å². The predicted octanol–water partition coefficient (Wildman–Crippen LogP) is 2.95. The summed E-state index contributed by atoms with van der Waals surface area (Å²) < 4.78 is 0. The molecule has 0 spiro atoms. The molecule has 2 aliphatic carbocycles. The van der Waals surface area contributed by atoms with Gasteiger partial charge in [-0.15, -0.1) is 0 Å². The van der Waals surface area contributed by atoms with E-state index in [9.17, 15) is 0 Å². The smallest absolute Gasteiger partial charge is 1.00 e. The maximum Gasteiger partial charge on any atom is 3.00 e. The van der Waals surface area contributed by atoms with Gasteiger partial charge < -0.3 is 24.0 Å². The Kier molecular flexibility index (Phi) is 12.1. The molecule has 2 rings (SSSR count). The summed E-state index contributed by atoms with van der Waals surface area (Å²) in [7, 11) is 0. The van der Waals surface area contributed by atoms with E-state index in [1.54, 1.807) is 0 Å². The molecule has 0 atom stereocenters. The molecule has 0 nitrogen and oxygen atoms in total. The van der Waals surface area contributed by atoms with Gasteiger partial charge in [0.2, 0.25) is 0 Å². The summed E-state index contributed by atoms with van der Waals surface area (Å²) >= 11 is 0. The van der Waals surface area contributed by atoms with Crippen LogP contribution in [-0.2, 0) is 20.1 Å². The average molecular weight is 590 g/mol. The van der Waals surface area contributed by atoms with Gasteiger partial charge in [-0.05, 0) is 59.2 Å². The van der Waals surface area contributed by atoms with E-state index in [4.69, 9.17) is 0 Å². The van der Waals surface area contributed by atoms with Crippen LogP contribution in [0.5, 0.6) is 0 Å². The van der Waals surface area contributed by atoms with Crippen LogP contribution in [0.2, 0.25) is 0 Å². The fraction of sp³-hybridized carbons (Fsp3) is 0.500. The molecule has 2 fully saturated rings. The van der Waals surface area contributed by atoms with Crippen LogP contribution in [0.4, 0.5) is 0 Å². The van der Waals surface area contributed by atoms with Crippen LogP contribution < -0.4 is 24.0 Å². The van der Waals surface area contributed by atoms with Crippen molar-refractivity contribution in [2.24, 2.45) is 0 Å². The summed E-state index contributed by atoms with van der Waals surface area (Å²) in [4.78, 5) is 0. The monoisotopic (exact) mass is 590 g/mol. The average Bonchev–Trinajstić information content (AvgIpc) is 2.71. The molecule has 0 aromatic heterocycles. The molecule has 2 heteroatoms. The van der Waals surface area contributed by atoms with Crippen molar-refractivity contribution in [3.8, 4) is 0 Å². The molecule has 10 radical (unpaired) electrons. The van der Waals surface area contributed by atoms with Crippen molar-refractivity contribution in [3.05, 3.63) is 59.2 Å². The maximum atomic E-state index is 2.20. The molecule has 0 amide bonds. The minimum atomic E-state index is 0.